The number of carbonyl (C=O) groups is 3. The number of nitrogens with two attached hydrogens (primary N) is 1. The molecule has 3 amide bonds. The molecule has 0 saturated carbocycles. The van der Waals surface area contributed by atoms with Gasteiger partial charge in [-0.1, -0.05) is 32.0 Å². The summed E-state index contributed by atoms with van der Waals surface area (Å²) in [4.78, 5) is 40.5. The quantitative estimate of drug-likeness (QED) is 0.640. The Bertz CT molecular complexity index is 677. The van der Waals surface area contributed by atoms with Crippen LogP contribution in [0.4, 0.5) is 5.69 Å². The molecular weight excluding hydrogens is 344 g/mol. The van der Waals surface area contributed by atoms with Gasteiger partial charge in [-0.25, -0.2) is 0 Å². The lowest BCUT2D eigenvalue weighted by molar-refractivity contribution is -0.131. The molecular formula is C20H30N4O3. The van der Waals surface area contributed by atoms with Crippen molar-refractivity contribution in [2.45, 2.75) is 45.6 Å². The Hall–Kier alpha value is -2.41. The third-order valence-electron chi connectivity index (χ3n) is 4.76. The Morgan fingerprint density at radius 2 is 1.96 bits per heavy atom. The minimum absolute atomic E-state index is 0.0286. The summed E-state index contributed by atoms with van der Waals surface area (Å²) in [5, 5.41) is 2.77. The predicted molar refractivity (Wildman–Crippen MR) is 105 cm³/mol. The maximum absolute atomic E-state index is 12.9. The van der Waals surface area contributed by atoms with Crippen molar-refractivity contribution in [1.82, 2.24) is 10.2 Å². The van der Waals surface area contributed by atoms with Gasteiger partial charge in [0.1, 0.15) is 0 Å². The first-order valence-corrected chi connectivity index (χ1v) is 9.66. The number of amides is 3. The van der Waals surface area contributed by atoms with Gasteiger partial charge in [-0.2, -0.15) is 0 Å². The van der Waals surface area contributed by atoms with Gasteiger partial charge in [0.15, 0.2) is 0 Å². The second-order valence-electron chi connectivity index (χ2n) is 6.87. The first kappa shape index (κ1) is 20.9. The second-order valence-corrected chi connectivity index (χ2v) is 6.87. The Morgan fingerprint density at radius 3 is 2.63 bits per heavy atom. The van der Waals surface area contributed by atoms with Gasteiger partial charge >= 0.3 is 0 Å². The highest BCUT2D eigenvalue weighted by Crippen LogP contribution is 2.27. The van der Waals surface area contributed by atoms with Crippen LogP contribution in [0, 0.1) is 0 Å². The van der Waals surface area contributed by atoms with Crippen molar-refractivity contribution in [2.75, 3.05) is 31.1 Å². The van der Waals surface area contributed by atoms with Gasteiger partial charge < -0.3 is 16.0 Å². The maximum Gasteiger partial charge on any atom is 0.241 e. The predicted octanol–water partition coefficient (Wildman–Crippen LogP) is 1.06. The van der Waals surface area contributed by atoms with Gasteiger partial charge in [0.05, 0.1) is 19.0 Å². The van der Waals surface area contributed by atoms with Crippen molar-refractivity contribution in [2.24, 2.45) is 5.73 Å². The molecule has 1 aliphatic heterocycles. The molecule has 1 unspecified atom stereocenters. The van der Waals surface area contributed by atoms with E-state index < -0.39 is 11.9 Å². The van der Waals surface area contributed by atoms with Crippen LogP contribution < -0.4 is 16.0 Å². The number of hydrogen-bond donors (Lipinski definition) is 2. The molecule has 0 spiro atoms. The molecule has 1 atom stereocenters. The number of anilines is 1. The SMILES string of the molecule is CCCNC(=O)CC(C(N)=O)N(CCC)CC(=O)N1CCc2ccccc21. The van der Waals surface area contributed by atoms with E-state index in [1.165, 1.54) is 0 Å². The largest absolute Gasteiger partial charge is 0.368 e. The zero-order chi connectivity index (χ0) is 19.8. The van der Waals surface area contributed by atoms with Crippen molar-refractivity contribution >= 4 is 23.4 Å². The molecule has 7 nitrogen and oxygen atoms in total. The van der Waals surface area contributed by atoms with E-state index in [9.17, 15) is 14.4 Å². The molecule has 1 aliphatic rings. The monoisotopic (exact) mass is 374 g/mol. The van der Waals surface area contributed by atoms with Crippen molar-refractivity contribution in [3.63, 3.8) is 0 Å². The average Bonchev–Trinajstić information content (AvgIpc) is 3.08. The second kappa shape index (κ2) is 10.1. The first-order chi connectivity index (χ1) is 13.0. The molecule has 0 fully saturated rings. The highest BCUT2D eigenvalue weighted by molar-refractivity contribution is 5.97. The molecule has 2 rings (SSSR count). The van der Waals surface area contributed by atoms with E-state index in [1.54, 1.807) is 9.80 Å². The van der Waals surface area contributed by atoms with Crippen molar-refractivity contribution in [3.8, 4) is 0 Å². The third-order valence-corrected chi connectivity index (χ3v) is 4.76. The summed E-state index contributed by atoms with van der Waals surface area (Å²) in [6.07, 6.45) is 2.37. The lowest BCUT2D eigenvalue weighted by Crippen LogP contribution is -2.51. The molecule has 0 radical (unpaired) electrons. The molecule has 1 aromatic rings. The molecule has 0 bridgehead atoms. The molecule has 148 valence electrons. The third kappa shape index (κ3) is 5.53. The number of carbonyl (C=O) groups excluding carboxylic acids is 3. The smallest absolute Gasteiger partial charge is 0.241 e. The summed E-state index contributed by atoms with van der Waals surface area (Å²) in [6.45, 7) is 5.71. The van der Waals surface area contributed by atoms with Gasteiger partial charge in [-0.3, -0.25) is 19.3 Å². The number of nitrogens with zero attached hydrogens (tertiary/aromatic N) is 2. The Kier molecular flexibility index (Phi) is 7.79. The van der Waals surface area contributed by atoms with Crippen LogP contribution in [0.15, 0.2) is 24.3 Å². The lowest BCUT2D eigenvalue weighted by Gasteiger charge is -2.30. The summed E-state index contributed by atoms with van der Waals surface area (Å²) in [7, 11) is 0. The number of benzene rings is 1. The summed E-state index contributed by atoms with van der Waals surface area (Å²) in [5.41, 5.74) is 7.64. The van der Waals surface area contributed by atoms with E-state index in [4.69, 9.17) is 5.73 Å². The van der Waals surface area contributed by atoms with E-state index in [0.29, 0.717) is 19.6 Å². The molecule has 1 heterocycles. The molecule has 0 aromatic heterocycles. The molecule has 0 aliphatic carbocycles. The number of hydrogen-bond acceptors (Lipinski definition) is 4. The van der Waals surface area contributed by atoms with Crippen LogP contribution in [0.3, 0.4) is 0 Å². The molecule has 27 heavy (non-hydrogen) atoms. The van der Waals surface area contributed by atoms with Gasteiger partial charge in [-0.15, -0.1) is 0 Å². The Morgan fingerprint density at radius 1 is 1.22 bits per heavy atom. The summed E-state index contributed by atoms with van der Waals surface area (Å²) in [5.74, 6) is -0.876. The van der Waals surface area contributed by atoms with E-state index in [2.05, 4.69) is 5.32 Å². The number of rotatable bonds is 10. The fourth-order valence-electron chi connectivity index (χ4n) is 3.41. The lowest BCUT2D eigenvalue weighted by atomic mass is 10.1. The van der Waals surface area contributed by atoms with Crippen LogP contribution in [0.5, 0.6) is 0 Å². The molecule has 7 heteroatoms. The summed E-state index contributed by atoms with van der Waals surface area (Å²) < 4.78 is 0. The van der Waals surface area contributed by atoms with E-state index >= 15 is 0 Å². The topological polar surface area (TPSA) is 95.7 Å². The minimum atomic E-state index is -0.788. The highest BCUT2D eigenvalue weighted by atomic mass is 16.2. The first-order valence-electron chi connectivity index (χ1n) is 9.66. The Balaban J connectivity index is 2.09. The van der Waals surface area contributed by atoms with Gasteiger partial charge in [0.2, 0.25) is 17.7 Å². The average molecular weight is 374 g/mol. The molecule has 1 aromatic carbocycles. The van der Waals surface area contributed by atoms with Crippen LogP contribution >= 0.6 is 0 Å². The van der Waals surface area contributed by atoms with Gasteiger partial charge in [-0.05, 0) is 37.4 Å². The van der Waals surface area contributed by atoms with E-state index in [1.807, 2.05) is 38.1 Å². The van der Waals surface area contributed by atoms with Crippen LogP contribution in [-0.4, -0.2) is 54.8 Å². The zero-order valence-electron chi connectivity index (χ0n) is 16.2. The van der Waals surface area contributed by atoms with Crippen molar-refractivity contribution < 1.29 is 14.4 Å². The van der Waals surface area contributed by atoms with Gasteiger partial charge in [0, 0.05) is 18.8 Å². The standard InChI is InChI=1S/C20H30N4O3/c1-3-10-22-18(25)13-17(20(21)27)23(11-4-2)14-19(26)24-12-9-15-7-5-6-8-16(15)24/h5-8,17H,3-4,9-14H2,1-2H3,(H2,21,27)(H,22,25). The molecule has 0 saturated heterocycles. The van der Waals surface area contributed by atoms with Crippen LogP contribution in [0.1, 0.15) is 38.7 Å². The van der Waals surface area contributed by atoms with E-state index in [-0.39, 0.29) is 24.8 Å². The van der Waals surface area contributed by atoms with Crippen molar-refractivity contribution in [3.05, 3.63) is 29.8 Å². The van der Waals surface area contributed by atoms with Crippen LogP contribution in [0.2, 0.25) is 0 Å². The maximum atomic E-state index is 12.9. The fraction of sp³-hybridized carbons (Fsp3) is 0.550. The zero-order valence-corrected chi connectivity index (χ0v) is 16.2. The number of para-hydroxylation sites is 1. The fourth-order valence-corrected chi connectivity index (χ4v) is 3.41. The number of fused-ring (bicyclic) bond motifs is 1. The summed E-state index contributed by atoms with van der Waals surface area (Å²) >= 11 is 0. The van der Waals surface area contributed by atoms with Crippen molar-refractivity contribution in [1.29, 1.82) is 0 Å². The summed E-state index contributed by atoms with van der Waals surface area (Å²) in [6, 6.07) is 7.06. The van der Waals surface area contributed by atoms with Crippen LogP contribution in [-0.2, 0) is 20.8 Å². The normalized spacial score (nSPS) is 14.1. The Labute approximate surface area is 160 Å². The molecule has 3 N–H and O–H groups in total. The van der Waals surface area contributed by atoms with Crippen LogP contribution in [0.25, 0.3) is 0 Å². The van der Waals surface area contributed by atoms with Gasteiger partial charge in [0.25, 0.3) is 0 Å². The van der Waals surface area contributed by atoms with E-state index in [0.717, 1.165) is 30.5 Å². The number of nitrogens with one attached hydrogen (secondary N) is 1. The highest BCUT2D eigenvalue weighted by Gasteiger charge is 2.31. The minimum Gasteiger partial charge on any atom is -0.368 e. The number of primary amides is 1.